The Morgan fingerprint density at radius 2 is 1.62 bits per heavy atom. The van der Waals surface area contributed by atoms with Gasteiger partial charge in [-0.3, -0.25) is 20.2 Å². The van der Waals surface area contributed by atoms with Crippen LogP contribution < -0.4 is 4.90 Å². The minimum absolute atomic E-state index is 0.0695. The molecule has 0 spiro atoms. The van der Waals surface area contributed by atoms with E-state index >= 15 is 0 Å². The Kier molecular flexibility index (Phi) is 5.88. The van der Waals surface area contributed by atoms with Gasteiger partial charge in [0, 0.05) is 25.2 Å². The number of benzene rings is 1. The van der Waals surface area contributed by atoms with Crippen molar-refractivity contribution in [2.24, 2.45) is 0 Å². The number of rotatable bonds is 7. The van der Waals surface area contributed by atoms with Crippen LogP contribution >= 0.6 is 0 Å². The number of hydrogen-bond donors (Lipinski definition) is 0. The van der Waals surface area contributed by atoms with Crippen LogP contribution in [0.25, 0.3) is 0 Å². The van der Waals surface area contributed by atoms with Gasteiger partial charge in [-0.2, -0.15) is 13.2 Å². The molecule has 1 aromatic carbocycles. The van der Waals surface area contributed by atoms with Crippen molar-refractivity contribution >= 4 is 17.1 Å². The van der Waals surface area contributed by atoms with Crippen LogP contribution in [-0.4, -0.2) is 22.9 Å². The van der Waals surface area contributed by atoms with Gasteiger partial charge in [0.2, 0.25) is 0 Å². The summed E-state index contributed by atoms with van der Waals surface area (Å²) in [5.41, 5.74) is -3.16. The maximum absolute atomic E-state index is 12.9. The molecule has 0 bridgehead atoms. The van der Waals surface area contributed by atoms with Crippen LogP contribution in [0.3, 0.4) is 0 Å². The molecular weight excluding hydrogens is 331 g/mol. The standard InChI is InChI=1S/C14H16F3N3O4/c1-4-9(3)8-18(5-2)13-11(19(21)22)6-10(14(15,16)17)7-12(13)20(23)24/h6-7H,3-5,8H2,1-2H3. The van der Waals surface area contributed by atoms with Gasteiger partial charge in [0.25, 0.3) is 11.4 Å². The van der Waals surface area contributed by atoms with Crippen LogP contribution in [0.2, 0.25) is 0 Å². The number of nitro benzene ring substituents is 2. The number of likely N-dealkylation sites (N-methyl/N-ethyl adjacent to an activating group) is 1. The maximum atomic E-state index is 12.9. The Labute approximate surface area is 135 Å². The summed E-state index contributed by atoms with van der Waals surface area (Å²) in [4.78, 5) is 21.6. The molecule has 0 aliphatic heterocycles. The SMILES string of the molecule is C=C(CC)CN(CC)c1c([N+](=O)[O-])cc(C(F)(F)F)cc1[N+](=O)[O-]. The van der Waals surface area contributed by atoms with Crippen molar-refractivity contribution in [2.75, 3.05) is 18.0 Å². The second-order valence-electron chi connectivity index (χ2n) is 4.99. The van der Waals surface area contributed by atoms with E-state index in [1.54, 1.807) is 13.8 Å². The third-order valence-electron chi connectivity index (χ3n) is 3.40. The quantitative estimate of drug-likeness (QED) is 0.416. The average Bonchev–Trinajstić information content (AvgIpc) is 2.49. The molecule has 0 atom stereocenters. The van der Waals surface area contributed by atoms with Gasteiger partial charge >= 0.3 is 6.18 Å². The Morgan fingerprint density at radius 3 is 1.92 bits per heavy atom. The molecule has 0 unspecified atom stereocenters. The monoisotopic (exact) mass is 347 g/mol. The van der Waals surface area contributed by atoms with Crippen LogP contribution in [0.15, 0.2) is 24.3 Å². The molecule has 1 rings (SSSR count). The third kappa shape index (κ3) is 4.21. The first-order chi connectivity index (χ1) is 11.0. The fraction of sp³-hybridized carbons (Fsp3) is 0.429. The van der Waals surface area contributed by atoms with Crippen LogP contribution in [-0.2, 0) is 6.18 Å². The molecule has 0 radical (unpaired) electrons. The second-order valence-corrected chi connectivity index (χ2v) is 4.99. The maximum Gasteiger partial charge on any atom is 0.416 e. The average molecular weight is 347 g/mol. The summed E-state index contributed by atoms with van der Waals surface area (Å²) in [6, 6.07) is 0.638. The normalized spacial score (nSPS) is 11.2. The van der Waals surface area contributed by atoms with Crippen molar-refractivity contribution in [1.29, 1.82) is 0 Å². The number of halogens is 3. The van der Waals surface area contributed by atoms with Gasteiger partial charge in [-0.1, -0.05) is 19.1 Å². The van der Waals surface area contributed by atoms with E-state index in [-0.39, 0.29) is 13.1 Å². The lowest BCUT2D eigenvalue weighted by atomic mass is 10.1. The van der Waals surface area contributed by atoms with Crippen LogP contribution in [0.1, 0.15) is 25.8 Å². The predicted octanol–water partition coefficient (Wildman–Crippen LogP) is 4.31. The molecule has 0 aromatic heterocycles. The smallest absolute Gasteiger partial charge is 0.357 e. The zero-order valence-electron chi connectivity index (χ0n) is 13.1. The first kappa shape index (κ1) is 19.4. The van der Waals surface area contributed by atoms with E-state index in [1.165, 1.54) is 4.90 Å². The molecule has 0 aliphatic carbocycles. The number of anilines is 1. The lowest BCUT2D eigenvalue weighted by molar-refractivity contribution is -0.393. The first-order valence-corrected chi connectivity index (χ1v) is 6.98. The molecule has 0 amide bonds. The van der Waals surface area contributed by atoms with Crippen molar-refractivity contribution in [3.63, 3.8) is 0 Å². The third-order valence-corrected chi connectivity index (χ3v) is 3.40. The number of nitrogens with zero attached hydrogens (tertiary/aromatic N) is 3. The molecule has 24 heavy (non-hydrogen) atoms. The zero-order chi connectivity index (χ0) is 18.7. The molecule has 132 valence electrons. The van der Waals surface area contributed by atoms with Crippen LogP contribution in [0, 0.1) is 20.2 Å². The van der Waals surface area contributed by atoms with Crippen molar-refractivity contribution in [3.8, 4) is 0 Å². The fourth-order valence-corrected chi connectivity index (χ4v) is 2.10. The van der Waals surface area contributed by atoms with Gasteiger partial charge in [0.05, 0.1) is 15.4 Å². The Bertz CT molecular complexity index is 639. The van der Waals surface area contributed by atoms with Crippen molar-refractivity contribution in [2.45, 2.75) is 26.4 Å². The molecular formula is C14H16F3N3O4. The van der Waals surface area contributed by atoms with Crippen molar-refractivity contribution in [3.05, 3.63) is 50.1 Å². The van der Waals surface area contributed by atoms with E-state index in [9.17, 15) is 33.4 Å². The largest absolute Gasteiger partial charge is 0.416 e. The highest BCUT2D eigenvalue weighted by Crippen LogP contribution is 2.43. The summed E-state index contributed by atoms with van der Waals surface area (Å²) in [5.74, 6) is 0. The molecule has 0 fully saturated rings. The van der Waals surface area contributed by atoms with Crippen molar-refractivity contribution < 1.29 is 23.0 Å². The number of hydrogen-bond acceptors (Lipinski definition) is 5. The molecule has 1 aromatic rings. The Hall–Kier alpha value is -2.65. The Morgan fingerprint density at radius 1 is 1.17 bits per heavy atom. The molecule has 0 N–H and O–H groups in total. The van der Waals surface area contributed by atoms with Gasteiger partial charge in [-0.25, -0.2) is 0 Å². The molecule has 10 heteroatoms. The van der Waals surface area contributed by atoms with E-state index < -0.39 is 38.6 Å². The highest BCUT2D eigenvalue weighted by Gasteiger charge is 2.39. The highest BCUT2D eigenvalue weighted by atomic mass is 19.4. The van der Waals surface area contributed by atoms with E-state index in [0.29, 0.717) is 24.1 Å². The first-order valence-electron chi connectivity index (χ1n) is 6.98. The molecule has 0 saturated heterocycles. The summed E-state index contributed by atoms with van der Waals surface area (Å²) in [7, 11) is 0. The molecule has 0 heterocycles. The topological polar surface area (TPSA) is 89.5 Å². The number of nitro groups is 2. The fourth-order valence-electron chi connectivity index (χ4n) is 2.10. The summed E-state index contributed by atoms with van der Waals surface area (Å²) in [6.45, 7) is 7.31. The van der Waals surface area contributed by atoms with E-state index in [0.717, 1.165) is 0 Å². The Balaban J connectivity index is 3.69. The highest BCUT2D eigenvalue weighted by molar-refractivity contribution is 5.76. The predicted molar refractivity (Wildman–Crippen MR) is 82.1 cm³/mol. The van der Waals surface area contributed by atoms with Crippen LogP contribution in [0.5, 0.6) is 0 Å². The lowest BCUT2D eigenvalue weighted by Crippen LogP contribution is -2.27. The van der Waals surface area contributed by atoms with Gasteiger partial charge in [0.1, 0.15) is 0 Å². The molecule has 0 aliphatic rings. The minimum Gasteiger partial charge on any atom is -0.357 e. The summed E-state index contributed by atoms with van der Waals surface area (Å²) in [5, 5.41) is 22.4. The van der Waals surface area contributed by atoms with Gasteiger partial charge in [-0.15, -0.1) is 0 Å². The second kappa shape index (κ2) is 7.28. The van der Waals surface area contributed by atoms with E-state index in [4.69, 9.17) is 0 Å². The van der Waals surface area contributed by atoms with Gasteiger partial charge in [-0.05, 0) is 13.3 Å². The summed E-state index contributed by atoms with van der Waals surface area (Å²) < 4.78 is 38.6. The van der Waals surface area contributed by atoms with Crippen molar-refractivity contribution in [1.82, 2.24) is 0 Å². The molecule has 0 saturated carbocycles. The molecule has 7 nitrogen and oxygen atoms in total. The van der Waals surface area contributed by atoms with E-state index in [2.05, 4.69) is 6.58 Å². The summed E-state index contributed by atoms with van der Waals surface area (Å²) >= 11 is 0. The van der Waals surface area contributed by atoms with Gasteiger partial charge in [0.15, 0.2) is 5.69 Å². The minimum atomic E-state index is -4.93. The number of alkyl halides is 3. The lowest BCUT2D eigenvalue weighted by Gasteiger charge is -2.24. The van der Waals surface area contributed by atoms with Crippen LogP contribution in [0.4, 0.5) is 30.2 Å². The zero-order valence-corrected chi connectivity index (χ0v) is 13.1. The van der Waals surface area contributed by atoms with E-state index in [1.807, 2.05) is 0 Å². The summed E-state index contributed by atoms with van der Waals surface area (Å²) in [6.07, 6.45) is -4.41. The van der Waals surface area contributed by atoms with Gasteiger partial charge < -0.3 is 4.90 Å².